The number of nitrogens with one attached hydrogen (secondary N) is 2. The number of H-pyrrole nitrogens is 1. The Kier molecular flexibility index (Phi) is 4.99. The van der Waals surface area contributed by atoms with Crippen LogP contribution in [0.4, 0.5) is 4.79 Å². The van der Waals surface area contributed by atoms with Gasteiger partial charge in [-0.05, 0) is 24.7 Å². The Balaban J connectivity index is 1.32. The van der Waals surface area contributed by atoms with E-state index in [-0.39, 0.29) is 23.3 Å². The van der Waals surface area contributed by atoms with Crippen molar-refractivity contribution in [3.8, 4) is 0 Å². The number of hydrogen-bond acceptors (Lipinski definition) is 4. The van der Waals surface area contributed by atoms with E-state index in [1.165, 1.54) is 4.90 Å². The number of nitrogens with zero attached hydrogens (tertiary/aromatic N) is 4. The van der Waals surface area contributed by atoms with Gasteiger partial charge in [-0.3, -0.25) is 9.59 Å². The molecule has 3 aliphatic rings. The fourth-order valence-corrected chi connectivity index (χ4v) is 4.61. The summed E-state index contributed by atoms with van der Waals surface area (Å²) in [4.78, 5) is 49.2. The lowest BCUT2D eigenvalue weighted by atomic mass is 9.72. The van der Waals surface area contributed by atoms with Crippen LogP contribution in [0.25, 0.3) is 0 Å². The molecule has 1 aromatic rings. The molecular formula is C19H28N6O3. The zero-order valence-electron chi connectivity index (χ0n) is 16.3. The maximum atomic E-state index is 12.7. The van der Waals surface area contributed by atoms with Crippen LogP contribution >= 0.6 is 0 Å². The van der Waals surface area contributed by atoms with Crippen LogP contribution in [0.5, 0.6) is 0 Å². The van der Waals surface area contributed by atoms with Gasteiger partial charge in [-0.1, -0.05) is 0 Å². The first-order chi connectivity index (χ1) is 13.5. The Bertz CT molecular complexity index is 741. The van der Waals surface area contributed by atoms with Gasteiger partial charge in [0.25, 0.3) is 0 Å². The van der Waals surface area contributed by atoms with E-state index in [4.69, 9.17) is 0 Å². The number of aromatic nitrogens is 2. The standard InChI is InChI=1S/C19H28N6O3/c1-23-11-15(22-18(23)28)17(27)24-8-5-19(6-9-24)4-2-16(26)25(12-19)7-3-14-10-20-13-21-14/h10,13,15H,2-9,11-12H2,1H3,(H,20,21)(H,22,28)/t15-/m1/s1. The monoisotopic (exact) mass is 388 g/mol. The number of likely N-dealkylation sites (N-methyl/N-ethyl adjacent to an activating group) is 1. The Labute approximate surface area is 164 Å². The van der Waals surface area contributed by atoms with Gasteiger partial charge in [0, 0.05) is 58.0 Å². The molecule has 4 amide bonds. The highest BCUT2D eigenvalue weighted by atomic mass is 16.2. The van der Waals surface area contributed by atoms with E-state index >= 15 is 0 Å². The van der Waals surface area contributed by atoms with E-state index in [9.17, 15) is 14.4 Å². The molecule has 0 unspecified atom stereocenters. The molecule has 1 aromatic heterocycles. The van der Waals surface area contributed by atoms with Crippen molar-refractivity contribution in [2.45, 2.75) is 38.1 Å². The van der Waals surface area contributed by atoms with Crippen molar-refractivity contribution < 1.29 is 14.4 Å². The normalized spacial score (nSPS) is 24.8. The summed E-state index contributed by atoms with van der Waals surface area (Å²) < 4.78 is 0. The fraction of sp³-hybridized carbons (Fsp3) is 0.684. The summed E-state index contributed by atoms with van der Waals surface area (Å²) in [5.74, 6) is 0.232. The zero-order valence-corrected chi connectivity index (χ0v) is 16.3. The van der Waals surface area contributed by atoms with Gasteiger partial charge < -0.3 is 25.0 Å². The second kappa shape index (κ2) is 7.44. The molecule has 0 bridgehead atoms. The Hall–Kier alpha value is -2.58. The van der Waals surface area contributed by atoms with Gasteiger partial charge >= 0.3 is 6.03 Å². The van der Waals surface area contributed by atoms with Gasteiger partial charge in [0.15, 0.2) is 0 Å². The number of imidazole rings is 1. The molecule has 3 fully saturated rings. The van der Waals surface area contributed by atoms with Gasteiger partial charge in [0.05, 0.1) is 12.9 Å². The number of hydrogen-bond donors (Lipinski definition) is 2. The minimum atomic E-state index is -0.439. The molecule has 4 rings (SSSR count). The molecular weight excluding hydrogens is 360 g/mol. The van der Waals surface area contributed by atoms with E-state index in [0.29, 0.717) is 32.6 Å². The number of rotatable bonds is 4. The molecule has 1 atom stereocenters. The molecule has 0 aromatic carbocycles. The van der Waals surface area contributed by atoms with E-state index in [1.54, 1.807) is 19.6 Å². The van der Waals surface area contributed by atoms with E-state index in [0.717, 1.165) is 37.9 Å². The number of piperidine rings is 2. The summed E-state index contributed by atoms with van der Waals surface area (Å²) >= 11 is 0. The molecule has 1 spiro atoms. The molecule has 28 heavy (non-hydrogen) atoms. The predicted octanol–water partition coefficient (Wildman–Crippen LogP) is 0.207. The molecule has 0 radical (unpaired) electrons. The predicted molar refractivity (Wildman–Crippen MR) is 101 cm³/mol. The quantitative estimate of drug-likeness (QED) is 0.770. The molecule has 3 saturated heterocycles. The van der Waals surface area contributed by atoms with Crippen molar-refractivity contribution in [2.24, 2.45) is 5.41 Å². The second-order valence-electron chi connectivity index (χ2n) is 8.35. The maximum Gasteiger partial charge on any atom is 0.317 e. The molecule has 4 heterocycles. The first-order valence-corrected chi connectivity index (χ1v) is 10.0. The zero-order chi connectivity index (χ0) is 19.7. The lowest BCUT2D eigenvalue weighted by molar-refractivity contribution is -0.143. The Morgan fingerprint density at radius 2 is 2.07 bits per heavy atom. The van der Waals surface area contributed by atoms with Crippen LogP contribution in [0.15, 0.2) is 12.5 Å². The number of urea groups is 1. The number of amides is 4. The van der Waals surface area contributed by atoms with Crippen LogP contribution in [0.2, 0.25) is 0 Å². The van der Waals surface area contributed by atoms with Crippen molar-refractivity contribution in [2.75, 3.05) is 39.8 Å². The van der Waals surface area contributed by atoms with Crippen molar-refractivity contribution in [3.05, 3.63) is 18.2 Å². The minimum absolute atomic E-state index is 0.00976. The summed E-state index contributed by atoms with van der Waals surface area (Å²) in [6, 6.07) is -0.629. The SMILES string of the molecule is CN1C[C@H](C(=O)N2CCC3(CCC(=O)N(CCc4cnc[nH]4)C3)CC2)NC1=O. The molecule has 152 valence electrons. The van der Waals surface area contributed by atoms with Crippen molar-refractivity contribution in [3.63, 3.8) is 0 Å². The fourth-order valence-electron chi connectivity index (χ4n) is 4.61. The van der Waals surface area contributed by atoms with Crippen LogP contribution in [0.3, 0.4) is 0 Å². The number of likely N-dealkylation sites (tertiary alicyclic amines) is 2. The maximum absolute atomic E-state index is 12.7. The number of aromatic amines is 1. The third kappa shape index (κ3) is 3.70. The van der Waals surface area contributed by atoms with Gasteiger partial charge in [-0.2, -0.15) is 0 Å². The highest BCUT2D eigenvalue weighted by Crippen LogP contribution is 2.40. The van der Waals surface area contributed by atoms with Gasteiger partial charge in [0.2, 0.25) is 11.8 Å². The highest BCUT2D eigenvalue weighted by Gasteiger charge is 2.43. The number of carbonyl (C=O) groups excluding carboxylic acids is 3. The average molecular weight is 388 g/mol. The summed E-state index contributed by atoms with van der Waals surface area (Å²) in [6.07, 6.45) is 7.53. The van der Waals surface area contributed by atoms with E-state index in [2.05, 4.69) is 15.3 Å². The smallest absolute Gasteiger partial charge is 0.317 e. The summed E-state index contributed by atoms with van der Waals surface area (Å²) in [6.45, 7) is 3.28. The lowest BCUT2D eigenvalue weighted by Crippen LogP contribution is -2.55. The molecule has 9 nitrogen and oxygen atoms in total. The lowest BCUT2D eigenvalue weighted by Gasteiger charge is -2.47. The highest BCUT2D eigenvalue weighted by molar-refractivity contribution is 5.90. The van der Waals surface area contributed by atoms with Crippen molar-refractivity contribution in [1.82, 2.24) is 30.0 Å². The van der Waals surface area contributed by atoms with Crippen molar-refractivity contribution >= 4 is 17.8 Å². The van der Waals surface area contributed by atoms with Crippen molar-refractivity contribution in [1.29, 1.82) is 0 Å². The summed E-state index contributed by atoms with van der Waals surface area (Å²) in [5.41, 5.74) is 1.14. The minimum Gasteiger partial charge on any atom is -0.348 e. The van der Waals surface area contributed by atoms with Gasteiger partial charge in [-0.15, -0.1) is 0 Å². The topological polar surface area (TPSA) is 102 Å². The van der Waals surface area contributed by atoms with E-state index in [1.807, 2.05) is 9.80 Å². The van der Waals surface area contributed by atoms with Crippen LogP contribution in [0, 0.1) is 5.41 Å². The number of carbonyl (C=O) groups is 3. The van der Waals surface area contributed by atoms with E-state index < -0.39 is 6.04 Å². The van der Waals surface area contributed by atoms with Crippen LogP contribution in [-0.4, -0.2) is 88.3 Å². The Morgan fingerprint density at radius 3 is 2.71 bits per heavy atom. The Morgan fingerprint density at radius 1 is 1.29 bits per heavy atom. The largest absolute Gasteiger partial charge is 0.348 e. The average Bonchev–Trinajstić information content (AvgIpc) is 3.33. The van der Waals surface area contributed by atoms with Crippen LogP contribution in [-0.2, 0) is 16.0 Å². The second-order valence-corrected chi connectivity index (χ2v) is 8.35. The van der Waals surface area contributed by atoms with Crippen LogP contribution < -0.4 is 5.32 Å². The third-order valence-corrected chi connectivity index (χ3v) is 6.49. The molecule has 3 aliphatic heterocycles. The first kappa shape index (κ1) is 18.8. The van der Waals surface area contributed by atoms with Crippen LogP contribution in [0.1, 0.15) is 31.4 Å². The van der Waals surface area contributed by atoms with Gasteiger partial charge in [-0.25, -0.2) is 9.78 Å². The molecule has 0 saturated carbocycles. The molecule has 2 N–H and O–H groups in total. The molecule has 9 heteroatoms. The van der Waals surface area contributed by atoms with Gasteiger partial charge in [0.1, 0.15) is 6.04 Å². The summed E-state index contributed by atoms with van der Waals surface area (Å²) in [5, 5.41) is 2.75. The summed E-state index contributed by atoms with van der Waals surface area (Å²) in [7, 11) is 1.70. The molecule has 0 aliphatic carbocycles. The third-order valence-electron chi connectivity index (χ3n) is 6.49. The first-order valence-electron chi connectivity index (χ1n) is 10.0.